The second kappa shape index (κ2) is 4.27. The first-order chi connectivity index (χ1) is 7.70. The Morgan fingerprint density at radius 2 is 1.69 bits per heavy atom. The van der Waals surface area contributed by atoms with E-state index >= 15 is 0 Å². The maximum Gasteiger partial charge on any atom is 0.195 e. The molecule has 0 bridgehead atoms. The number of aryl methyl sites for hydroxylation is 2. The van der Waals surface area contributed by atoms with Gasteiger partial charge in [-0.1, -0.05) is 24.3 Å². The molecular weight excluding hydrogens is 198 g/mol. The maximum atomic E-state index is 12.2. The number of benzene rings is 1. The van der Waals surface area contributed by atoms with E-state index in [4.69, 9.17) is 0 Å². The summed E-state index contributed by atoms with van der Waals surface area (Å²) in [6.07, 6.45) is 1.70. The number of carbonyl (C=O) groups excluding carboxylic acids is 1. The molecule has 2 nitrogen and oxygen atoms in total. The molecule has 0 N–H and O–H groups in total. The Balaban J connectivity index is 2.48. The van der Waals surface area contributed by atoms with Crippen molar-refractivity contribution in [2.24, 2.45) is 0 Å². The molecule has 1 aromatic heterocycles. The molecular formula is C14H13NO. The van der Waals surface area contributed by atoms with Crippen molar-refractivity contribution in [3.63, 3.8) is 0 Å². The molecule has 16 heavy (non-hydrogen) atoms. The molecule has 0 saturated carbocycles. The zero-order valence-corrected chi connectivity index (χ0v) is 9.40. The molecule has 80 valence electrons. The average molecular weight is 211 g/mol. The van der Waals surface area contributed by atoms with Crippen molar-refractivity contribution in [3.05, 3.63) is 65.0 Å². The van der Waals surface area contributed by atoms with Crippen molar-refractivity contribution in [2.45, 2.75) is 13.8 Å². The van der Waals surface area contributed by atoms with Crippen LogP contribution >= 0.6 is 0 Å². The highest BCUT2D eigenvalue weighted by Crippen LogP contribution is 2.15. The lowest BCUT2D eigenvalue weighted by Crippen LogP contribution is -2.06. The lowest BCUT2D eigenvalue weighted by Gasteiger charge is -2.06. The van der Waals surface area contributed by atoms with Crippen LogP contribution in [0.4, 0.5) is 0 Å². The molecule has 2 aromatic rings. The first-order valence-electron chi connectivity index (χ1n) is 5.22. The van der Waals surface area contributed by atoms with Crippen molar-refractivity contribution in [1.82, 2.24) is 4.98 Å². The number of rotatable bonds is 2. The first-order valence-corrected chi connectivity index (χ1v) is 5.22. The summed E-state index contributed by atoms with van der Waals surface area (Å²) in [5.74, 6) is 0.0451. The Labute approximate surface area is 95.0 Å². The van der Waals surface area contributed by atoms with Gasteiger partial charge < -0.3 is 0 Å². The van der Waals surface area contributed by atoms with Gasteiger partial charge in [0.15, 0.2) is 5.78 Å². The molecule has 1 heterocycles. The largest absolute Gasteiger partial charge is 0.289 e. The van der Waals surface area contributed by atoms with Gasteiger partial charge in [0.2, 0.25) is 0 Å². The van der Waals surface area contributed by atoms with Gasteiger partial charge in [0.25, 0.3) is 0 Å². The van der Waals surface area contributed by atoms with Gasteiger partial charge in [-0.25, -0.2) is 0 Å². The first kappa shape index (κ1) is 10.6. The Bertz CT molecular complexity index is 484. The summed E-state index contributed by atoms with van der Waals surface area (Å²) >= 11 is 0. The quantitative estimate of drug-likeness (QED) is 0.715. The average Bonchev–Trinajstić information content (AvgIpc) is 2.29. The minimum absolute atomic E-state index is 0.0451. The second-order valence-electron chi connectivity index (χ2n) is 3.78. The molecule has 0 fully saturated rings. The summed E-state index contributed by atoms with van der Waals surface area (Å²) in [5, 5.41) is 0. The van der Waals surface area contributed by atoms with Gasteiger partial charge in [0.1, 0.15) is 0 Å². The predicted octanol–water partition coefficient (Wildman–Crippen LogP) is 2.93. The number of hydrogen-bond acceptors (Lipinski definition) is 2. The summed E-state index contributed by atoms with van der Waals surface area (Å²) < 4.78 is 0. The highest BCUT2D eigenvalue weighted by Gasteiger charge is 2.13. The minimum atomic E-state index is 0.0451. The van der Waals surface area contributed by atoms with E-state index < -0.39 is 0 Å². The lowest BCUT2D eigenvalue weighted by molar-refractivity contribution is 0.103. The molecule has 2 rings (SSSR count). The highest BCUT2D eigenvalue weighted by atomic mass is 16.1. The van der Waals surface area contributed by atoms with E-state index in [0.29, 0.717) is 5.56 Å². The van der Waals surface area contributed by atoms with E-state index in [2.05, 4.69) is 4.98 Å². The van der Waals surface area contributed by atoms with Crippen LogP contribution in [0.1, 0.15) is 27.2 Å². The topological polar surface area (TPSA) is 30.0 Å². The van der Waals surface area contributed by atoms with Crippen LogP contribution in [0.2, 0.25) is 0 Å². The van der Waals surface area contributed by atoms with Crippen molar-refractivity contribution < 1.29 is 4.79 Å². The Hall–Kier alpha value is -1.96. The van der Waals surface area contributed by atoms with Crippen LogP contribution in [0, 0.1) is 13.8 Å². The van der Waals surface area contributed by atoms with Gasteiger partial charge in [0.05, 0.1) is 0 Å². The summed E-state index contributed by atoms with van der Waals surface area (Å²) in [4.78, 5) is 16.4. The Morgan fingerprint density at radius 1 is 1.00 bits per heavy atom. The zero-order valence-electron chi connectivity index (χ0n) is 9.40. The number of carbonyl (C=O) groups is 1. The Kier molecular flexibility index (Phi) is 2.82. The summed E-state index contributed by atoms with van der Waals surface area (Å²) in [6.45, 7) is 3.80. The number of nitrogens with zero attached hydrogens (tertiary/aromatic N) is 1. The molecule has 0 aliphatic carbocycles. The summed E-state index contributed by atoms with van der Waals surface area (Å²) in [6, 6.07) is 11.2. The van der Waals surface area contributed by atoms with E-state index in [1.54, 1.807) is 12.3 Å². The van der Waals surface area contributed by atoms with E-state index in [-0.39, 0.29) is 5.78 Å². The normalized spacial score (nSPS) is 10.1. The van der Waals surface area contributed by atoms with Crippen molar-refractivity contribution in [1.29, 1.82) is 0 Å². The van der Waals surface area contributed by atoms with Gasteiger partial charge in [0, 0.05) is 23.0 Å². The van der Waals surface area contributed by atoms with E-state index in [0.717, 1.165) is 16.8 Å². The van der Waals surface area contributed by atoms with E-state index in [1.807, 2.05) is 44.2 Å². The smallest absolute Gasteiger partial charge is 0.195 e. The zero-order chi connectivity index (χ0) is 11.5. The highest BCUT2D eigenvalue weighted by molar-refractivity contribution is 6.10. The van der Waals surface area contributed by atoms with Gasteiger partial charge >= 0.3 is 0 Å². The fourth-order valence-electron chi connectivity index (χ4n) is 1.70. The van der Waals surface area contributed by atoms with Crippen LogP contribution in [-0.4, -0.2) is 10.8 Å². The van der Waals surface area contributed by atoms with Crippen LogP contribution < -0.4 is 0 Å². The predicted molar refractivity (Wildman–Crippen MR) is 63.6 cm³/mol. The SMILES string of the molecule is Cc1ccccc1C(=O)c1cccnc1C. The van der Waals surface area contributed by atoms with Crippen LogP contribution in [0.15, 0.2) is 42.6 Å². The van der Waals surface area contributed by atoms with Gasteiger partial charge in [-0.15, -0.1) is 0 Å². The summed E-state index contributed by atoms with van der Waals surface area (Å²) in [7, 11) is 0. The van der Waals surface area contributed by atoms with Crippen LogP contribution in [0.3, 0.4) is 0 Å². The molecule has 0 aliphatic heterocycles. The van der Waals surface area contributed by atoms with Crippen molar-refractivity contribution >= 4 is 5.78 Å². The molecule has 0 aliphatic rings. The number of aromatic nitrogens is 1. The third-order valence-electron chi connectivity index (χ3n) is 2.64. The standard InChI is InChI=1S/C14H13NO/c1-10-6-3-4-7-12(10)14(16)13-8-5-9-15-11(13)2/h3-9H,1-2H3. The molecule has 2 heteroatoms. The van der Waals surface area contributed by atoms with Gasteiger partial charge in [-0.2, -0.15) is 0 Å². The molecule has 0 atom stereocenters. The summed E-state index contributed by atoms with van der Waals surface area (Å²) in [5.41, 5.74) is 3.20. The molecule has 0 spiro atoms. The fraction of sp³-hybridized carbons (Fsp3) is 0.143. The number of hydrogen-bond donors (Lipinski definition) is 0. The molecule has 0 amide bonds. The van der Waals surface area contributed by atoms with Crippen molar-refractivity contribution in [2.75, 3.05) is 0 Å². The lowest BCUT2D eigenvalue weighted by atomic mass is 9.98. The van der Waals surface area contributed by atoms with Gasteiger partial charge in [-0.3, -0.25) is 9.78 Å². The minimum Gasteiger partial charge on any atom is -0.289 e. The van der Waals surface area contributed by atoms with Crippen molar-refractivity contribution in [3.8, 4) is 0 Å². The molecule has 1 aromatic carbocycles. The molecule has 0 saturated heterocycles. The third kappa shape index (κ3) is 1.87. The van der Waals surface area contributed by atoms with E-state index in [1.165, 1.54) is 0 Å². The monoisotopic (exact) mass is 211 g/mol. The number of ketones is 1. The maximum absolute atomic E-state index is 12.2. The van der Waals surface area contributed by atoms with Crippen LogP contribution in [0.5, 0.6) is 0 Å². The molecule has 0 unspecified atom stereocenters. The molecule has 0 radical (unpaired) electrons. The second-order valence-corrected chi connectivity index (χ2v) is 3.78. The van der Waals surface area contributed by atoms with E-state index in [9.17, 15) is 4.79 Å². The van der Waals surface area contributed by atoms with Gasteiger partial charge in [-0.05, 0) is 31.5 Å². The van der Waals surface area contributed by atoms with Crippen LogP contribution in [0.25, 0.3) is 0 Å². The fourth-order valence-corrected chi connectivity index (χ4v) is 1.70. The number of pyridine rings is 1. The Morgan fingerprint density at radius 3 is 2.38 bits per heavy atom. The van der Waals surface area contributed by atoms with Crippen LogP contribution in [-0.2, 0) is 0 Å². The third-order valence-corrected chi connectivity index (χ3v) is 2.64.